The standard InChI is InChI=1S/C34H34N4O4/c39-30(40)19-14-23-12-16-26(17-13-23)35-33(42)34(20-7-21-34)36-32(41)25-15-18-28-29(22-25)37-38(27-10-5-2-6-11-27)31(28)24-8-3-1-4-9-24/h2,5-6,10-19,22,24H,1,3-4,7-9,20-21H2,(H,35,42)(H,36,41)(H,39,40)/b19-14+. The first-order chi connectivity index (χ1) is 20.4. The van der Waals surface area contributed by atoms with Gasteiger partial charge in [-0.05, 0) is 80.1 Å². The molecule has 42 heavy (non-hydrogen) atoms. The van der Waals surface area contributed by atoms with Crippen LogP contribution in [-0.4, -0.2) is 38.2 Å². The van der Waals surface area contributed by atoms with E-state index in [9.17, 15) is 14.4 Å². The quantitative estimate of drug-likeness (QED) is 0.213. The first-order valence-electron chi connectivity index (χ1n) is 14.6. The number of anilines is 1. The largest absolute Gasteiger partial charge is 0.478 e. The van der Waals surface area contributed by atoms with Crippen molar-refractivity contribution in [3.8, 4) is 5.69 Å². The van der Waals surface area contributed by atoms with Crippen molar-refractivity contribution in [2.45, 2.75) is 62.8 Å². The molecule has 2 amide bonds. The number of para-hydroxylation sites is 1. The monoisotopic (exact) mass is 562 g/mol. The third-order valence-corrected chi connectivity index (χ3v) is 8.55. The van der Waals surface area contributed by atoms with Gasteiger partial charge in [-0.2, -0.15) is 5.10 Å². The van der Waals surface area contributed by atoms with E-state index in [0.29, 0.717) is 35.6 Å². The summed E-state index contributed by atoms with van der Waals surface area (Å²) in [6.07, 6.45) is 10.5. The van der Waals surface area contributed by atoms with Crippen LogP contribution in [0.5, 0.6) is 0 Å². The summed E-state index contributed by atoms with van der Waals surface area (Å²) in [6, 6.07) is 22.7. The van der Waals surface area contributed by atoms with Crippen molar-refractivity contribution < 1.29 is 19.5 Å². The molecule has 6 rings (SSSR count). The predicted octanol–water partition coefficient (Wildman–Crippen LogP) is 6.46. The van der Waals surface area contributed by atoms with Gasteiger partial charge >= 0.3 is 5.97 Å². The van der Waals surface area contributed by atoms with Gasteiger partial charge in [0.1, 0.15) is 5.54 Å². The average Bonchev–Trinajstić information content (AvgIpc) is 3.38. The number of amides is 2. The van der Waals surface area contributed by atoms with Crippen molar-refractivity contribution in [3.63, 3.8) is 0 Å². The van der Waals surface area contributed by atoms with E-state index >= 15 is 0 Å². The van der Waals surface area contributed by atoms with E-state index in [2.05, 4.69) is 22.8 Å². The SMILES string of the molecule is O=C(O)/C=C/c1ccc(NC(=O)C2(NC(=O)c3ccc4c(C5CCCCC5)n(-c5ccccc5)nc4c3)CCC2)cc1. The number of fused-ring (bicyclic) bond motifs is 1. The molecule has 2 fully saturated rings. The summed E-state index contributed by atoms with van der Waals surface area (Å²) < 4.78 is 2.05. The van der Waals surface area contributed by atoms with Crippen LogP contribution in [0.25, 0.3) is 22.7 Å². The summed E-state index contributed by atoms with van der Waals surface area (Å²) in [4.78, 5) is 37.6. The van der Waals surface area contributed by atoms with E-state index in [0.717, 1.165) is 41.9 Å². The van der Waals surface area contributed by atoms with Gasteiger partial charge in [0.2, 0.25) is 5.91 Å². The smallest absolute Gasteiger partial charge is 0.328 e. The third kappa shape index (κ3) is 5.57. The van der Waals surface area contributed by atoms with E-state index in [1.54, 1.807) is 24.3 Å². The number of hydrogen-bond donors (Lipinski definition) is 3. The van der Waals surface area contributed by atoms with Gasteiger partial charge in [-0.3, -0.25) is 9.59 Å². The van der Waals surface area contributed by atoms with Crippen LogP contribution >= 0.6 is 0 Å². The number of carboxylic acid groups (broad SMARTS) is 1. The second-order valence-electron chi connectivity index (χ2n) is 11.3. The van der Waals surface area contributed by atoms with Crippen LogP contribution in [0.4, 0.5) is 5.69 Å². The number of hydrogen-bond acceptors (Lipinski definition) is 4. The molecular weight excluding hydrogens is 528 g/mol. The lowest BCUT2D eigenvalue weighted by Gasteiger charge is -2.40. The van der Waals surface area contributed by atoms with Crippen molar-refractivity contribution in [1.82, 2.24) is 15.1 Å². The van der Waals surface area contributed by atoms with Crippen LogP contribution in [0.3, 0.4) is 0 Å². The van der Waals surface area contributed by atoms with Crippen molar-refractivity contribution in [3.05, 3.63) is 95.7 Å². The number of nitrogens with zero attached hydrogens (tertiary/aromatic N) is 2. The number of carboxylic acids is 1. The highest BCUT2D eigenvalue weighted by molar-refractivity contribution is 6.05. The minimum absolute atomic E-state index is 0.259. The van der Waals surface area contributed by atoms with Gasteiger partial charge in [0, 0.05) is 28.6 Å². The molecular formula is C34H34N4O4. The molecule has 4 aromatic rings. The molecule has 8 heteroatoms. The fraction of sp³-hybridized carbons (Fsp3) is 0.294. The molecule has 214 valence electrons. The number of aliphatic carboxylic acids is 1. The van der Waals surface area contributed by atoms with Crippen molar-refractivity contribution >= 4 is 40.4 Å². The van der Waals surface area contributed by atoms with Crippen LogP contribution in [0.2, 0.25) is 0 Å². The summed E-state index contributed by atoms with van der Waals surface area (Å²) in [5.74, 6) is -1.16. The lowest BCUT2D eigenvalue weighted by molar-refractivity contribution is -0.131. The fourth-order valence-corrected chi connectivity index (χ4v) is 6.11. The lowest BCUT2D eigenvalue weighted by Crippen LogP contribution is -2.61. The highest BCUT2D eigenvalue weighted by Crippen LogP contribution is 2.38. The molecule has 3 N–H and O–H groups in total. The molecule has 2 aliphatic rings. The van der Waals surface area contributed by atoms with E-state index in [1.807, 2.05) is 41.1 Å². The predicted molar refractivity (Wildman–Crippen MR) is 163 cm³/mol. The Bertz CT molecular complexity index is 1650. The highest BCUT2D eigenvalue weighted by Gasteiger charge is 2.45. The molecule has 1 aromatic heterocycles. The minimum atomic E-state index is -1.02. The van der Waals surface area contributed by atoms with Gasteiger partial charge in [-0.1, -0.05) is 55.7 Å². The maximum Gasteiger partial charge on any atom is 0.328 e. The van der Waals surface area contributed by atoms with Gasteiger partial charge in [0.15, 0.2) is 0 Å². The zero-order chi connectivity index (χ0) is 29.1. The van der Waals surface area contributed by atoms with E-state index in [-0.39, 0.29) is 11.8 Å². The summed E-state index contributed by atoms with van der Waals surface area (Å²) in [6.45, 7) is 0. The topological polar surface area (TPSA) is 113 Å². The van der Waals surface area contributed by atoms with Crippen LogP contribution in [0.1, 0.15) is 78.9 Å². The Labute approximate surface area is 244 Å². The third-order valence-electron chi connectivity index (χ3n) is 8.55. The van der Waals surface area contributed by atoms with Crippen molar-refractivity contribution in [2.24, 2.45) is 0 Å². The first-order valence-corrected chi connectivity index (χ1v) is 14.6. The number of benzene rings is 3. The number of nitrogens with one attached hydrogen (secondary N) is 2. The molecule has 2 aliphatic carbocycles. The molecule has 1 heterocycles. The fourth-order valence-electron chi connectivity index (χ4n) is 6.11. The summed E-state index contributed by atoms with van der Waals surface area (Å²) in [5, 5.41) is 20.8. The van der Waals surface area contributed by atoms with Gasteiger partial charge in [0.25, 0.3) is 5.91 Å². The zero-order valence-electron chi connectivity index (χ0n) is 23.4. The van der Waals surface area contributed by atoms with E-state index in [4.69, 9.17) is 10.2 Å². The second kappa shape index (κ2) is 11.6. The Morgan fingerprint density at radius 1 is 0.905 bits per heavy atom. The van der Waals surface area contributed by atoms with Crippen molar-refractivity contribution in [2.75, 3.05) is 5.32 Å². The number of carbonyl (C=O) groups excluding carboxylic acids is 2. The van der Waals surface area contributed by atoms with Gasteiger partial charge in [-0.25, -0.2) is 9.48 Å². The van der Waals surface area contributed by atoms with Gasteiger partial charge in [-0.15, -0.1) is 0 Å². The van der Waals surface area contributed by atoms with Gasteiger partial charge in [0.05, 0.1) is 16.9 Å². The lowest BCUT2D eigenvalue weighted by atomic mass is 9.75. The zero-order valence-corrected chi connectivity index (χ0v) is 23.4. The molecule has 2 saturated carbocycles. The average molecular weight is 563 g/mol. The van der Waals surface area contributed by atoms with Crippen LogP contribution in [0, 0.1) is 0 Å². The Hall–Kier alpha value is -4.72. The van der Waals surface area contributed by atoms with Crippen LogP contribution in [0.15, 0.2) is 78.9 Å². The maximum absolute atomic E-state index is 13.5. The molecule has 3 aromatic carbocycles. The van der Waals surface area contributed by atoms with Crippen molar-refractivity contribution in [1.29, 1.82) is 0 Å². The summed E-state index contributed by atoms with van der Waals surface area (Å²) >= 11 is 0. The summed E-state index contributed by atoms with van der Waals surface area (Å²) in [7, 11) is 0. The number of rotatable bonds is 8. The molecule has 0 unspecified atom stereocenters. The number of aromatic nitrogens is 2. The van der Waals surface area contributed by atoms with Crippen LogP contribution < -0.4 is 10.6 Å². The van der Waals surface area contributed by atoms with E-state index in [1.165, 1.54) is 31.0 Å². The second-order valence-corrected chi connectivity index (χ2v) is 11.3. The Morgan fingerprint density at radius 3 is 2.31 bits per heavy atom. The molecule has 0 bridgehead atoms. The minimum Gasteiger partial charge on any atom is -0.478 e. The Morgan fingerprint density at radius 2 is 1.64 bits per heavy atom. The molecule has 0 aliphatic heterocycles. The van der Waals surface area contributed by atoms with Crippen LogP contribution in [-0.2, 0) is 9.59 Å². The van der Waals surface area contributed by atoms with E-state index < -0.39 is 11.5 Å². The molecule has 0 atom stereocenters. The first kappa shape index (κ1) is 27.4. The number of carbonyl (C=O) groups is 3. The molecule has 0 saturated heterocycles. The Balaban J connectivity index is 1.22. The highest BCUT2D eigenvalue weighted by atomic mass is 16.4. The summed E-state index contributed by atoms with van der Waals surface area (Å²) in [5.41, 5.74) is 3.78. The normalized spacial score (nSPS) is 16.7. The maximum atomic E-state index is 13.5. The molecule has 8 nitrogen and oxygen atoms in total. The molecule has 0 radical (unpaired) electrons. The molecule has 0 spiro atoms. The Kier molecular flexibility index (Phi) is 7.61. The van der Waals surface area contributed by atoms with Gasteiger partial charge < -0.3 is 15.7 Å².